The molecule has 0 radical (unpaired) electrons. The number of nitrogens with one attached hydrogen (secondary N) is 1. The molecule has 1 saturated heterocycles. The summed E-state index contributed by atoms with van der Waals surface area (Å²) in [7, 11) is 0. The maximum Gasteiger partial charge on any atom is 0.0469 e. The van der Waals surface area contributed by atoms with Crippen LogP contribution in [-0.4, -0.2) is 25.3 Å². The average molecular weight is 225 g/mol. The monoisotopic (exact) mass is 225 g/mol. The first kappa shape index (κ1) is 12.4. The van der Waals surface area contributed by atoms with E-state index in [1.165, 1.54) is 38.5 Å². The average Bonchev–Trinajstić information content (AvgIpc) is 2.33. The molecule has 1 aliphatic heterocycles. The highest BCUT2D eigenvalue weighted by atomic mass is 16.5. The highest BCUT2D eigenvalue weighted by molar-refractivity contribution is 4.81. The van der Waals surface area contributed by atoms with E-state index >= 15 is 0 Å². The molecule has 16 heavy (non-hydrogen) atoms. The van der Waals surface area contributed by atoms with E-state index in [0.29, 0.717) is 6.04 Å². The molecule has 0 aromatic rings. The summed E-state index contributed by atoms with van der Waals surface area (Å²) >= 11 is 0. The topological polar surface area (TPSA) is 21.3 Å². The van der Waals surface area contributed by atoms with Gasteiger partial charge in [-0.3, -0.25) is 0 Å². The second-order valence-corrected chi connectivity index (χ2v) is 5.86. The van der Waals surface area contributed by atoms with E-state index < -0.39 is 0 Å². The Kier molecular flexibility index (Phi) is 4.66. The van der Waals surface area contributed by atoms with Crippen LogP contribution in [0.4, 0.5) is 0 Å². The van der Waals surface area contributed by atoms with Crippen LogP contribution in [0.1, 0.15) is 52.4 Å². The second-order valence-electron chi connectivity index (χ2n) is 5.86. The first-order chi connectivity index (χ1) is 7.75. The summed E-state index contributed by atoms with van der Waals surface area (Å²) in [6.45, 7) is 6.70. The lowest BCUT2D eigenvalue weighted by Gasteiger charge is -2.34. The van der Waals surface area contributed by atoms with Crippen LogP contribution in [0.5, 0.6) is 0 Å². The van der Waals surface area contributed by atoms with Crippen LogP contribution in [-0.2, 0) is 4.74 Å². The summed E-state index contributed by atoms with van der Waals surface area (Å²) in [5.74, 6) is 1.80. The summed E-state index contributed by atoms with van der Waals surface area (Å²) in [4.78, 5) is 0. The van der Waals surface area contributed by atoms with Gasteiger partial charge in [0.05, 0.1) is 0 Å². The van der Waals surface area contributed by atoms with E-state index in [1.807, 2.05) is 0 Å². The van der Waals surface area contributed by atoms with Crippen molar-refractivity contribution in [3.05, 3.63) is 0 Å². The molecule has 2 heteroatoms. The molecule has 0 spiro atoms. The van der Waals surface area contributed by atoms with Crippen LogP contribution in [0.25, 0.3) is 0 Å². The van der Waals surface area contributed by atoms with Gasteiger partial charge in [0, 0.05) is 25.3 Å². The molecule has 1 heterocycles. The summed E-state index contributed by atoms with van der Waals surface area (Å²) < 4.78 is 5.43. The van der Waals surface area contributed by atoms with Gasteiger partial charge in [0.15, 0.2) is 0 Å². The minimum absolute atomic E-state index is 0.683. The van der Waals surface area contributed by atoms with E-state index in [2.05, 4.69) is 19.2 Å². The Bertz CT molecular complexity index is 193. The van der Waals surface area contributed by atoms with Gasteiger partial charge in [-0.05, 0) is 57.3 Å². The molecule has 0 bridgehead atoms. The number of hydrogen-bond donors (Lipinski definition) is 1. The number of hydrogen-bond acceptors (Lipinski definition) is 2. The smallest absolute Gasteiger partial charge is 0.0469 e. The van der Waals surface area contributed by atoms with Crippen molar-refractivity contribution in [1.29, 1.82) is 0 Å². The van der Waals surface area contributed by atoms with Gasteiger partial charge in [0.2, 0.25) is 0 Å². The van der Waals surface area contributed by atoms with Crippen LogP contribution in [0.2, 0.25) is 0 Å². The van der Waals surface area contributed by atoms with Crippen molar-refractivity contribution in [2.45, 2.75) is 64.5 Å². The van der Waals surface area contributed by atoms with Gasteiger partial charge < -0.3 is 10.1 Å². The molecule has 1 saturated carbocycles. The number of rotatable bonds is 3. The fourth-order valence-corrected chi connectivity index (χ4v) is 3.15. The van der Waals surface area contributed by atoms with E-state index in [9.17, 15) is 0 Å². The normalized spacial score (nSPS) is 34.9. The molecule has 2 fully saturated rings. The van der Waals surface area contributed by atoms with Crippen molar-refractivity contribution in [3.63, 3.8) is 0 Å². The summed E-state index contributed by atoms with van der Waals surface area (Å²) in [6, 6.07) is 1.47. The molecule has 0 amide bonds. The molecule has 1 aliphatic carbocycles. The molecular weight excluding hydrogens is 198 g/mol. The van der Waals surface area contributed by atoms with Crippen LogP contribution >= 0.6 is 0 Å². The molecule has 2 aliphatic rings. The van der Waals surface area contributed by atoms with Crippen molar-refractivity contribution < 1.29 is 4.74 Å². The molecule has 0 aromatic carbocycles. The van der Waals surface area contributed by atoms with Crippen LogP contribution < -0.4 is 5.32 Å². The van der Waals surface area contributed by atoms with E-state index in [-0.39, 0.29) is 0 Å². The molecule has 1 atom stereocenters. The Morgan fingerprint density at radius 1 is 1.00 bits per heavy atom. The molecule has 1 unspecified atom stereocenters. The van der Waals surface area contributed by atoms with Crippen molar-refractivity contribution in [2.75, 3.05) is 13.2 Å². The summed E-state index contributed by atoms with van der Waals surface area (Å²) in [5.41, 5.74) is 0. The minimum Gasteiger partial charge on any atom is -0.381 e. The lowest BCUT2D eigenvalue weighted by molar-refractivity contribution is 0.0533. The molecule has 94 valence electrons. The predicted molar refractivity (Wildman–Crippen MR) is 67.6 cm³/mol. The first-order valence-electron chi connectivity index (χ1n) is 7.09. The quantitative estimate of drug-likeness (QED) is 0.797. The Morgan fingerprint density at radius 2 is 1.62 bits per heavy atom. The summed E-state index contributed by atoms with van der Waals surface area (Å²) in [6.07, 6.45) is 8.09. The molecule has 1 N–H and O–H groups in total. The van der Waals surface area contributed by atoms with Gasteiger partial charge in [-0.2, -0.15) is 0 Å². The SMILES string of the molecule is CC1CCC(NC(C)C2CCOCC2)CC1. The van der Waals surface area contributed by atoms with E-state index in [0.717, 1.165) is 31.1 Å². The van der Waals surface area contributed by atoms with E-state index in [4.69, 9.17) is 4.74 Å². The van der Waals surface area contributed by atoms with Gasteiger partial charge in [0.1, 0.15) is 0 Å². The Morgan fingerprint density at radius 3 is 2.25 bits per heavy atom. The van der Waals surface area contributed by atoms with Crippen LogP contribution in [0, 0.1) is 11.8 Å². The highest BCUT2D eigenvalue weighted by Gasteiger charge is 2.24. The molecule has 2 rings (SSSR count). The maximum atomic E-state index is 5.43. The van der Waals surface area contributed by atoms with Crippen molar-refractivity contribution >= 4 is 0 Å². The van der Waals surface area contributed by atoms with Crippen molar-refractivity contribution in [2.24, 2.45) is 11.8 Å². The third kappa shape index (κ3) is 3.46. The van der Waals surface area contributed by atoms with Crippen molar-refractivity contribution in [1.82, 2.24) is 5.32 Å². The first-order valence-corrected chi connectivity index (χ1v) is 7.09. The number of ether oxygens (including phenoxy) is 1. The zero-order valence-electron chi connectivity index (χ0n) is 10.9. The molecule has 2 nitrogen and oxygen atoms in total. The zero-order chi connectivity index (χ0) is 11.4. The lowest BCUT2D eigenvalue weighted by atomic mass is 9.85. The standard InChI is InChI=1S/C14H27NO/c1-11-3-5-14(6-4-11)15-12(2)13-7-9-16-10-8-13/h11-15H,3-10H2,1-2H3. The van der Waals surface area contributed by atoms with Gasteiger partial charge in [0.25, 0.3) is 0 Å². The van der Waals surface area contributed by atoms with E-state index in [1.54, 1.807) is 0 Å². The van der Waals surface area contributed by atoms with Crippen LogP contribution in [0.3, 0.4) is 0 Å². The molecular formula is C14H27NO. The fourth-order valence-electron chi connectivity index (χ4n) is 3.15. The molecule has 0 aromatic heterocycles. The predicted octanol–water partition coefficient (Wildman–Crippen LogP) is 2.97. The third-order valence-electron chi connectivity index (χ3n) is 4.49. The lowest BCUT2D eigenvalue weighted by Crippen LogP contribution is -2.44. The fraction of sp³-hybridized carbons (Fsp3) is 1.00. The largest absolute Gasteiger partial charge is 0.381 e. The zero-order valence-corrected chi connectivity index (χ0v) is 10.9. The van der Waals surface area contributed by atoms with Crippen LogP contribution in [0.15, 0.2) is 0 Å². The van der Waals surface area contributed by atoms with Gasteiger partial charge in [-0.1, -0.05) is 6.92 Å². The third-order valence-corrected chi connectivity index (χ3v) is 4.49. The van der Waals surface area contributed by atoms with Gasteiger partial charge in [-0.25, -0.2) is 0 Å². The maximum absolute atomic E-state index is 5.43. The summed E-state index contributed by atoms with van der Waals surface area (Å²) in [5, 5.41) is 3.85. The minimum atomic E-state index is 0.683. The second kappa shape index (κ2) is 6.02. The Balaban J connectivity index is 1.71. The van der Waals surface area contributed by atoms with Gasteiger partial charge >= 0.3 is 0 Å². The highest BCUT2D eigenvalue weighted by Crippen LogP contribution is 2.25. The van der Waals surface area contributed by atoms with Crippen molar-refractivity contribution in [3.8, 4) is 0 Å². The Labute approximate surface area is 100 Å². The van der Waals surface area contributed by atoms with Gasteiger partial charge in [-0.15, -0.1) is 0 Å². The Hall–Kier alpha value is -0.0800.